The SMILES string of the molecule is CC.CC.CC.CC.CN(C)Cc1ccc2c(c1)c1cccc3c4ccccc4n2c31.CN(C)Cc1ccc2c3cccc4c5ccccc5n(c2c1)c43. The molecule has 0 bridgehead atoms. The Morgan fingerprint density at radius 1 is 0.333 bits per heavy atom. The van der Waals surface area contributed by atoms with Crippen molar-refractivity contribution >= 4 is 76.2 Å². The van der Waals surface area contributed by atoms with Crippen molar-refractivity contribution in [1.29, 1.82) is 0 Å². The summed E-state index contributed by atoms with van der Waals surface area (Å²) in [5.74, 6) is 0. The van der Waals surface area contributed by atoms with E-state index in [-0.39, 0.29) is 0 Å². The molecule has 0 aliphatic rings. The van der Waals surface area contributed by atoms with Gasteiger partial charge in [-0.2, -0.15) is 0 Å². The van der Waals surface area contributed by atoms with Gasteiger partial charge in [-0.25, -0.2) is 0 Å². The summed E-state index contributed by atoms with van der Waals surface area (Å²) in [5, 5.41) is 10.8. The van der Waals surface area contributed by atoms with Crippen LogP contribution in [0.4, 0.5) is 0 Å². The average Bonchev–Trinajstić information content (AvgIpc) is 3.94. The van der Waals surface area contributed by atoms with Gasteiger partial charge in [0.05, 0.1) is 33.1 Å². The number of hydrogen-bond donors (Lipinski definition) is 0. The zero-order valence-corrected chi connectivity index (χ0v) is 34.8. The van der Waals surface area contributed by atoms with Gasteiger partial charge < -0.3 is 18.6 Å². The van der Waals surface area contributed by atoms with Crippen LogP contribution in [0.3, 0.4) is 0 Å². The van der Waals surface area contributed by atoms with Crippen molar-refractivity contribution in [3.05, 3.63) is 132 Å². The van der Waals surface area contributed by atoms with E-state index >= 15 is 0 Å². The molecule has 0 spiro atoms. The minimum absolute atomic E-state index is 0.964. The maximum absolute atomic E-state index is 2.44. The zero-order valence-electron chi connectivity index (χ0n) is 34.8. The van der Waals surface area contributed by atoms with E-state index in [4.69, 9.17) is 0 Å². The Hall–Kier alpha value is -5.16. The van der Waals surface area contributed by atoms with Gasteiger partial charge >= 0.3 is 0 Å². The zero-order chi connectivity index (χ0) is 39.1. The fraction of sp³-hybridized carbons (Fsp3) is 0.280. The Balaban J connectivity index is 0.000000176. The van der Waals surface area contributed by atoms with Crippen molar-refractivity contribution in [2.24, 2.45) is 0 Å². The molecule has 0 saturated carbocycles. The van der Waals surface area contributed by atoms with E-state index in [0.717, 1.165) is 13.1 Å². The molecule has 0 aliphatic heterocycles. The van der Waals surface area contributed by atoms with E-state index in [9.17, 15) is 0 Å². The molecule has 0 atom stereocenters. The molecule has 4 aromatic heterocycles. The first-order valence-corrected chi connectivity index (χ1v) is 20.1. The molecule has 0 unspecified atom stereocenters. The van der Waals surface area contributed by atoms with Crippen molar-refractivity contribution in [3.8, 4) is 0 Å². The smallest absolute Gasteiger partial charge is 0.0620 e. The highest BCUT2D eigenvalue weighted by Gasteiger charge is 2.18. The average molecular weight is 717 g/mol. The Labute approximate surface area is 322 Å². The second kappa shape index (κ2) is 17.8. The summed E-state index contributed by atoms with van der Waals surface area (Å²) in [5.41, 5.74) is 10.6. The fourth-order valence-corrected chi connectivity index (χ4v) is 7.88. The molecular weight excluding hydrogens is 657 g/mol. The molecule has 0 amide bonds. The van der Waals surface area contributed by atoms with Gasteiger partial charge in [-0.3, -0.25) is 0 Å². The molecule has 4 heterocycles. The van der Waals surface area contributed by atoms with Gasteiger partial charge in [0, 0.05) is 56.2 Å². The van der Waals surface area contributed by atoms with Crippen LogP contribution in [0.25, 0.3) is 76.2 Å². The fourth-order valence-electron chi connectivity index (χ4n) is 7.88. The summed E-state index contributed by atoms with van der Waals surface area (Å²) in [6.07, 6.45) is 0. The van der Waals surface area contributed by atoms with Crippen molar-refractivity contribution in [3.63, 3.8) is 0 Å². The van der Waals surface area contributed by atoms with E-state index in [1.807, 2.05) is 55.4 Å². The van der Waals surface area contributed by atoms with E-state index in [0.29, 0.717) is 0 Å². The Morgan fingerprint density at radius 3 is 1.17 bits per heavy atom. The molecule has 0 saturated heterocycles. The highest BCUT2D eigenvalue weighted by Crippen LogP contribution is 2.40. The van der Waals surface area contributed by atoms with Crippen LogP contribution in [0, 0.1) is 0 Å². The lowest BCUT2D eigenvalue weighted by Crippen LogP contribution is -2.10. The minimum Gasteiger partial charge on any atom is -0.308 e. The maximum atomic E-state index is 2.44. The van der Waals surface area contributed by atoms with Crippen LogP contribution in [-0.2, 0) is 13.1 Å². The summed E-state index contributed by atoms with van der Waals surface area (Å²) in [7, 11) is 8.46. The summed E-state index contributed by atoms with van der Waals surface area (Å²) in [4.78, 5) is 4.43. The first-order chi connectivity index (χ1) is 26.5. The van der Waals surface area contributed by atoms with Gasteiger partial charge in [-0.1, -0.05) is 146 Å². The second-order valence-corrected chi connectivity index (χ2v) is 13.3. The third kappa shape index (κ3) is 6.97. The number of nitrogens with zero attached hydrogens (tertiary/aromatic N) is 4. The predicted octanol–water partition coefficient (Wildman–Crippen LogP) is 13.9. The number of para-hydroxylation sites is 4. The molecule has 4 nitrogen and oxygen atoms in total. The first kappa shape index (κ1) is 40.0. The Morgan fingerprint density at radius 2 is 0.685 bits per heavy atom. The lowest BCUT2D eigenvalue weighted by Gasteiger charge is -2.09. The largest absolute Gasteiger partial charge is 0.308 e. The Bertz CT molecular complexity index is 2700. The molecule has 0 N–H and O–H groups in total. The van der Waals surface area contributed by atoms with Crippen molar-refractivity contribution in [2.45, 2.75) is 68.5 Å². The summed E-state index contributed by atoms with van der Waals surface area (Å²) in [6, 6.07) is 44.5. The summed E-state index contributed by atoms with van der Waals surface area (Å²) >= 11 is 0. The lowest BCUT2D eigenvalue weighted by molar-refractivity contribution is 0.402. The van der Waals surface area contributed by atoms with Crippen molar-refractivity contribution in [1.82, 2.24) is 18.6 Å². The normalized spacial score (nSPS) is 11.1. The third-order valence-corrected chi connectivity index (χ3v) is 9.57. The van der Waals surface area contributed by atoms with E-state index < -0.39 is 0 Å². The van der Waals surface area contributed by atoms with Crippen LogP contribution < -0.4 is 0 Å². The van der Waals surface area contributed by atoms with Crippen LogP contribution in [-0.4, -0.2) is 46.8 Å². The number of aromatic nitrogens is 2. The number of benzene rings is 6. The lowest BCUT2D eigenvalue weighted by atomic mass is 10.1. The molecule has 54 heavy (non-hydrogen) atoms. The van der Waals surface area contributed by atoms with Crippen LogP contribution in [0.5, 0.6) is 0 Å². The van der Waals surface area contributed by atoms with Gasteiger partial charge in [0.15, 0.2) is 0 Å². The quantitative estimate of drug-likeness (QED) is 0.180. The summed E-state index contributed by atoms with van der Waals surface area (Å²) < 4.78 is 4.86. The second-order valence-electron chi connectivity index (χ2n) is 13.3. The van der Waals surface area contributed by atoms with Crippen LogP contribution in [0.15, 0.2) is 121 Å². The molecule has 4 heteroatoms. The maximum Gasteiger partial charge on any atom is 0.0620 e. The van der Waals surface area contributed by atoms with Crippen LogP contribution in [0.1, 0.15) is 66.5 Å². The predicted molar refractivity (Wildman–Crippen MR) is 242 cm³/mol. The number of hydrogen-bond acceptors (Lipinski definition) is 2. The number of rotatable bonds is 4. The topological polar surface area (TPSA) is 15.3 Å². The highest BCUT2D eigenvalue weighted by atomic mass is 15.1. The molecule has 10 aromatic rings. The molecule has 6 aromatic carbocycles. The van der Waals surface area contributed by atoms with Crippen molar-refractivity contribution < 1.29 is 0 Å². The number of fused-ring (bicyclic) bond motifs is 12. The van der Waals surface area contributed by atoms with Gasteiger partial charge in [0.25, 0.3) is 0 Å². The van der Waals surface area contributed by atoms with Gasteiger partial charge in [0.1, 0.15) is 0 Å². The minimum atomic E-state index is 0.964. The molecular formula is C50H60N4. The van der Waals surface area contributed by atoms with E-state index in [2.05, 4.69) is 168 Å². The van der Waals surface area contributed by atoms with E-state index in [1.54, 1.807) is 0 Å². The molecule has 10 rings (SSSR count). The highest BCUT2D eigenvalue weighted by molar-refractivity contribution is 6.24. The van der Waals surface area contributed by atoms with Crippen LogP contribution in [0.2, 0.25) is 0 Å². The van der Waals surface area contributed by atoms with E-state index in [1.165, 1.54) is 87.3 Å². The first-order valence-electron chi connectivity index (χ1n) is 20.1. The molecule has 0 radical (unpaired) electrons. The van der Waals surface area contributed by atoms with Gasteiger partial charge in [0.2, 0.25) is 0 Å². The molecule has 0 fully saturated rings. The Kier molecular flexibility index (Phi) is 13.2. The van der Waals surface area contributed by atoms with Crippen LogP contribution >= 0.6 is 0 Å². The standard InChI is InChI=1S/2C21H18N2.4C2H6/c1-22(2)13-14-10-11-16-18-8-5-7-17-15-6-3-4-9-19(15)23(21(17)18)20(16)12-14;1-22(2)13-14-10-11-20-18(12-14)17-8-5-7-16-15-6-3-4-9-19(15)23(20)21(16)17;4*1-2/h2*3-12H,13H2,1-2H3;4*1-2H3. The molecule has 280 valence electrons. The monoisotopic (exact) mass is 716 g/mol. The molecule has 0 aliphatic carbocycles. The third-order valence-electron chi connectivity index (χ3n) is 9.57. The summed E-state index contributed by atoms with van der Waals surface area (Å²) in [6.45, 7) is 17.9. The van der Waals surface area contributed by atoms with Crippen molar-refractivity contribution in [2.75, 3.05) is 28.2 Å². The van der Waals surface area contributed by atoms with Gasteiger partial charge in [-0.05, 0) is 69.6 Å². The van der Waals surface area contributed by atoms with Gasteiger partial charge in [-0.15, -0.1) is 0 Å².